The topological polar surface area (TPSA) is 0 Å². The minimum atomic E-state index is 0.565. The monoisotopic (exact) mass is 168 g/mol. The molecule has 72 valence electrons. The lowest BCUT2D eigenvalue weighted by atomic mass is 9.43. The van der Waals surface area contributed by atoms with E-state index in [1.54, 1.807) is 0 Å². The number of hydrogen-bond acceptors (Lipinski definition) is 0. The Bertz CT molecular complexity index is 167. The Hall–Kier alpha value is 0. The van der Waals surface area contributed by atoms with E-state index in [0.29, 0.717) is 10.8 Å². The quantitative estimate of drug-likeness (QED) is 0.582. The summed E-state index contributed by atoms with van der Waals surface area (Å²) in [5.74, 6) is 1.81. The van der Waals surface area contributed by atoms with Gasteiger partial charge in [-0.1, -0.05) is 48.0 Å². The average Bonchev–Trinajstić information content (AvgIpc) is 1.98. The summed E-state index contributed by atoms with van der Waals surface area (Å²) < 4.78 is 0. The zero-order chi connectivity index (χ0) is 9.57. The fourth-order valence-electron chi connectivity index (χ4n) is 2.99. The van der Waals surface area contributed by atoms with Gasteiger partial charge in [-0.3, -0.25) is 0 Å². The van der Waals surface area contributed by atoms with Gasteiger partial charge in [0, 0.05) is 0 Å². The third-order valence-corrected chi connectivity index (χ3v) is 4.74. The van der Waals surface area contributed by atoms with Gasteiger partial charge in [-0.2, -0.15) is 0 Å². The molecule has 2 unspecified atom stereocenters. The van der Waals surface area contributed by atoms with Gasteiger partial charge in [0.05, 0.1) is 0 Å². The highest BCUT2D eigenvalue weighted by Gasteiger charge is 2.55. The summed E-state index contributed by atoms with van der Waals surface area (Å²) in [7, 11) is 0. The molecule has 0 heterocycles. The van der Waals surface area contributed by atoms with Gasteiger partial charge in [0.25, 0.3) is 0 Å². The fourth-order valence-corrected chi connectivity index (χ4v) is 2.99. The van der Waals surface area contributed by atoms with E-state index < -0.39 is 0 Å². The first kappa shape index (κ1) is 10.1. The summed E-state index contributed by atoms with van der Waals surface area (Å²) in [5.41, 5.74) is 1.18. The Morgan fingerprint density at radius 3 is 2.00 bits per heavy atom. The van der Waals surface area contributed by atoms with Crippen molar-refractivity contribution in [3.05, 3.63) is 0 Å². The second-order valence-electron chi connectivity index (χ2n) is 5.69. The van der Waals surface area contributed by atoms with Crippen LogP contribution in [0.1, 0.15) is 54.4 Å². The van der Waals surface area contributed by atoms with E-state index in [-0.39, 0.29) is 0 Å². The molecule has 1 fully saturated rings. The van der Waals surface area contributed by atoms with Crippen LogP contribution in [-0.2, 0) is 0 Å². The van der Waals surface area contributed by atoms with Gasteiger partial charge in [-0.05, 0) is 29.1 Å². The van der Waals surface area contributed by atoms with Crippen molar-refractivity contribution in [3.63, 3.8) is 0 Å². The van der Waals surface area contributed by atoms with Gasteiger partial charge in [0.15, 0.2) is 0 Å². The standard InChI is InChI=1S/C12H24/c1-7-12(6)8-10(9(2)3)11(12,4)5/h9-10H,7-8H2,1-6H3. The first-order chi connectivity index (χ1) is 5.35. The smallest absolute Gasteiger partial charge is 0.0269 e. The average molecular weight is 168 g/mol. The largest absolute Gasteiger partial charge is 0.0648 e. The number of hydrogen-bond donors (Lipinski definition) is 0. The molecule has 0 nitrogen and oxygen atoms in total. The molecular weight excluding hydrogens is 144 g/mol. The van der Waals surface area contributed by atoms with Gasteiger partial charge in [0.2, 0.25) is 0 Å². The molecule has 0 saturated heterocycles. The van der Waals surface area contributed by atoms with Gasteiger partial charge < -0.3 is 0 Å². The van der Waals surface area contributed by atoms with Crippen molar-refractivity contribution in [1.82, 2.24) is 0 Å². The van der Waals surface area contributed by atoms with Crippen LogP contribution < -0.4 is 0 Å². The molecule has 1 rings (SSSR count). The van der Waals surface area contributed by atoms with Crippen molar-refractivity contribution < 1.29 is 0 Å². The number of rotatable bonds is 2. The summed E-state index contributed by atoms with van der Waals surface area (Å²) >= 11 is 0. The van der Waals surface area contributed by atoms with Crippen molar-refractivity contribution in [2.45, 2.75) is 54.4 Å². The van der Waals surface area contributed by atoms with Gasteiger partial charge in [-0.15, -0.1) is 0 Å². The van der Waals surface area contributed by atoms with Crippen LogP contribution >= 0.6 is 0 Å². The molecular formula is C12H24. The maximum Gasteiger partial charge on any atom is -0.0269 e. The van der Waals surface area contributed by atoms with Crippen molar-refractivity contribution in [2.75, 3.05) is 0 Å². The summed E-state index contributed by atoms with van der Waals surface area (Å²) in [6.07, 6.45) is 2.78. The first-order valence-corrected chi connectivity index (χ1v) is 5.35. The predicted molar refractivity (Wildman–Crippen MR) is 55.1 cm³/mol. The molecule has 0 spiro atoms. The lowest BCUT2D eigenvalue weighted by Gasteiger charge is -2.62. The molecule has 2 atom stereocenters. The van der Waals surface area contributed by atoms with Crippen molar-refractivity contribution >= 4 is 0 Å². The molecule has 0 heteroatoms. The highest BCUT2D eigenvalue weighted by atomic mass is 14.6. The van der Waals surface area contributed by atoms with E-state index in [1.165, 1.54) is 12.8 Å². The molecule has 0 bridgehead atoms. The lowest BCUT2D eigenvalue weighted by Crippen LogP contribution is -2.54. The Labute approximate surface area is 77.7 Å². The summed E-state index contributed by atoms with van der Waals surface area (Å²) in [4.78, 5) is 0. The zero-order valence-electron chi connectivity index (χ0n) is 9.57. The van der Waals surface area contributed by atoms with E-state index in [2.05, 4.69) is 41.5 Å². The van der Waals surface area contributed by atoms with Gasteiger partial charge >= 0.3 is 0 Å². The van der Waals surface area contributed by atoms with Crippen LogP contribution in [0.15, 0.2) is 0 Å². The predicted octanol–water partition coefficient (Wildman–Crippen LogP) is 4.10. The van der Waals surface area contributed by atoms with Crippen LogP contribution in [0, 0.1) is 22.7 Å². The molecule has 0 N–H and O–H groups in total. The van der Waals surface area contributed by atoms with Crippen LogP contribution in [-0.4, -0.2) is 0 Å². The highest BCUT2D eigenvalue weighted by molar-refractivity contribution is 5.05. The van der Waals surface area contributed by atoms with Gasteiger partial charge in [-0.25, -0.2) is 0 Å². The second-order valence-corrected chi connectivity index (χ2v) is 5.69. The molecule has 1 aliphatic rings. The fraction of sp³-hybridized carbons (Fsp3) is 1.00. The molecule has 0 aromatic carbocycles. The molecule has 1 aliphatic carbocycles. The van der Waals surface area contributed by atoms with Crippen LogP contribution in [0.25, 0.3) is 0 Å². The zero-order valence-corrected chi connectivity index (χ0v) is 9.57. The second kappa shape index (κ2) is 2.75. The highest BCUT2D eigenvalue weighted by Crippen LogP contribution is 2.64. The van der Waals surface area contributed by atoms with Crippen LogP contribution in [0.4, 0.5) is 0 Å². The summed E-state index contributed by atoms with van der Waals surface area (Å²) in [6, 6.07) is 0. The van der Waals surface area contributed by atoms with E-state index in [1.807, 2.05) is 0 Å². The van der Waals surface area contributed by atoms with Crippen molar-refractivity contribution in [3.8, 4) is 0 Å². The van der Waals surface area contributed by atoms with E-state index in [4.69, 9.17) is 0 Å². The normalized spacial score (nSPS) is 39.8. The van der Waals surface area contributed by atoms with Crippen LogP contribution in [0.5, 0.6) is 0 Å². The Morgan fingerprint density at radius 2 is 1.75 bits per heavy atom. The summed E-state index contributed by atoms with van der Waals surface area (Å²) in [5, 5.41) is 0. The molecule has 0 radical (unpaired) electrons. The molecule has 0 aromatic heterocycles. The van der Waals surface area contributed by atoms with E-state index in [9.17, 15) is 0 Å². The molecule has 1 saturated carbocycles. The molecule has 0 amide bonds. The molecule has 12 heavy (non-hydrogen) atoms. The van der Waals surface area contributed by atoms with E-state index in [0.717, 1.165) is 11.8 Å². The van der Waals surface area contributed by atoms with Gasteiger partial charge in [0.1, 0.15) is 0 Å². The molecule has 0 aromatic rings. The Morgan fingerprint density at radius 1 is 1.25 bits per heavy atom. The third-order valence-electron chi connectivity index (χ3n) is 4.74. The third kappa shape index (κ3) is 1.11. The van der Waals surface area contributed by atoms with Crippen LogP contribution in [0.3, 0.4) is 0 Å². The molecule has 0 aliphatic heterocycles. The van der Waals surface area contributed by atoms with Crippen molar-refractivity contribution in [1.29, 1.82) is 0 Å². The van der Waals surface area contributed by atoms with E-state index >= 15 is 0 Å². The maximum absolute atomic E-state index is 2.45. The first-order valence-electron chi connectivity index (χ1n) is 5.35. The van der Waals surface area contributed by atoms with Crippen LogP contribution in [0.2, 0.25) is 0 Å². The summed E-state index contributed by atoms with van der Waals surface area (Å²) in [6.45, 7) is 14.4. The minimum Gasteiger partial charge on any atom is -0.0648 e. The lowest BCUT2D eigenvalue weighted by molar-refractivity contribution is -0.130. The minimum absolute atomic E-state index is 0.565. The van der Waals surface area contributed by atoms with Crippen molar-refractivity contribution in [2.24, 2.45) is 22.7 Å². The maximum atomic E-state index is 2.45. The Balaban J connectivity index is 2.72. The SMILES string of the molecule is CCC1(C)CC(C(C)C)C1(C)C. The Kier molecular flexibility index (Phi) is 2.31.